The fourth-order valence-electron chi connectivity index (χ4n) is 2.45. The number of carbonyl (C=O) groups is 2. The first-order chi connectivity index (χ1) is 9.42. The molecule has 2 N–H and O–H groups in total. The lowest BCUT2D eigenvalue weighted by molar-refractivity contribution is -0.141. The van der Waals surface area contributed by atoms with E-state index in [9.17, 15) is 14.0 Å². The minimum Gasteiger partial charge on any atom is -0.481 e. The Bertz CT molecular complexity index is 543. The summed E-state index contributed by atoms with van der Waals surface area (Å²) in [7, 11) is 0. The molecule has 0 spiro atoms. The number of rotatable bonds is 5. The van der Waals surface area contributed by atoms with Crippen molar-refractivity contribution in [3.8, 4) is 0 Å². The standard InChI is InChI=1S/C14H15ClFNO3/c15-9-2-3-10(11(16)6-9)13(20)17-8-14(4-1-5-14)7-12(18)19/h2-3,6H,1,4-5,7-8H2,(H,17,20)(H,18,19). The predicted octanol–water partition coefficient (Wildman–Crippen LogP) is 2.85. The highest BCUT2D eigenvalue weighted by Crippen LogP contribution is 2.43. The lowest BCUT2D eigenvalue weighted by Crippen LogP contribution is -2.43. The molecule has 1 aliphatic rings. The fraction of sp³-hybridized carbons (Fsp3) is 0.429. The summed E-state index contributed by atoms with van der Waals surface area (Å²) in [6, 6.07) is 3.83. The van der Waals surface area contributed by atoms with Crippen LogP contribution in [0.4, 0.5) is 4.39 Å². The molecule has 4 nitrogen and oxygen atoms in total. The molecular weight excluding hydrogens is 285 g/mol. The molecule has 1 fully saturated rings. The van der Waals surface area contributed by atoms with Gasteiger partial charge in [-0.2, -0.15) is 0 Å². The van der Waals surface area contributed by atoms with E-state index in [1.54, 1.807) is 0 Å². The second kappa shape index (κ2) is 5.79. The Morgan fingerprint density at radius 3 is 2.60 bits per heavy atom. The Balaban J connectivity index is 1.99. The van der Waals surface area contributed by atoms with Gasteiger partial charge in [0.1, 0.15) is 5.82 Å². The summed E-state index contributed by atoms with van der Waals surface area (Å²) < 4.78 is 13.6. The van der Waals surface area contributed by atoms with Crippen LogP contribution in [0.3, 0.4) is 0 Å². The summed E-state index contributed by atoms with van der Waals surface area (Å²) in [5.74, 6) is -2.11. The zero-order chi connectivity index (χ0) is 14.8. The van der Waals surface area contributed by atoms with Gasteiger partial charge in [0, 0.05) is 11.6 Å². The summed E-state index contributed by atoms with van der Waals surface area (Å²) in [5.41, 5.74) is -0.469. The van der Waals surface area contributed by atoms with Gasteiger partial charge in [-0.25, -0.2) is 4.39 Å². The van der Waals surface area contributed by atoms with Crippen molar-refractivity contribution in [2.45, 2.75) is 25.7 Å². The van der Waals surface area contributed by atoms with Crippen molar-refractivity contribution in [2.24, 2.45) is 5.41 Å². The second-order valence-electron chi connectivity index (χ2n) is 5.23. The molecule has 1 saturated carbocycles. The van der Waals surface area contributed by atoms with Gasteiger partial charge in [0.05, 0.1) is 12.0 Å². The molecule has 0 heterocycles. The topological polar surface area (TPSA) is 66.4 Å². The maximum atomic E-state index is 13.6. The summed E-state index contributed by atoms with van der Waals surface area (Å²) in [5, 5.41) is 11.7. The number of halogens is 2. The molecule has 0 bridgehead atoms. The molecule has 20 heavy (non-hydrogen) atoms. The lowest BCUT2D eigenvalue weighted by Gasteiger charge is -2.40. The average molecular weight is 300 g/mol. The van der Waals surface area contributed by atoms with E-state index in [2.05, 4.69) is 5.32 Å². The van der Waals surface area contributed by atoms with Crippen molar-refractivity contribution in [1.29, 1.82) is 0 Å². The smallest absolute Gasteiger partial charge is 0.303 e. The van der Waals surface area contributed by atoms with Crippen LogP contribution in [-0.2, 0) is 4.79 Å². The number of carboxylic acid groups (broad SMARTS) is 1. The van der Waals surface area contributed by atoms with E-state index in [0.29, 0.717) is 0 Å². The van der Waals surface area contributed by atoms with Crippen LogP contribution in [0.25, 0.3) is 0 Å². The molecule has 0 aliphatic heterocycles. The normalized spacial score (nSPS) is 16.3. The van der Waals surface area contributed by atoms with E-state index in [1.165, 1.54) is 12.1 Å². The van der Waals surface area contributed by atoms with Crippen LogP contribution >= 0.6 is 11.6 Å². The largest absolute Gasteiger partial charge is 0.481 e. The summed E-state index contributed by atoms with van der Waals surface area (Å²) in [6.07, 6.45) is 2.51. The molecule has 1 aromatic carbocycles. The third kappa shape index (κ3) is 3.28. The number of carboxylic acids is 1. The molecule has 2 rings (SSSR count). The highest BCUT2D eigenvalue weighted by atomic mass is 35.5. The summed E-state index contributed by atoms with van der Waals surface area (Å²) >= 11 is 5.62. The van der Waals surface area contributed by atoms with Crippen molar-refractivity contribution in [1.82, 2.24) is 5.32 Å². The Kier molecular flexibility index (Phi) is 4.28. The van der Waals surface area contributed by atoms with Gasteiger partial charge < -0.3 is 10.4 Å². The van der Waals surface area contributed by atoms with Crippen LogP contribution in [0.5, 0.6) is 0 Å². The first kappa shape index (κ1) is 14.8. The number of aliphatic carboxylic acids is 1. The monoisotopic (exact) mass is 299 g/mol. The molecule has 0 atom stereocenters. The Hall–Kier alpha value is -1.62. The van der Waals surface area contributed by atoms with Gasteiger partial charge in [-0.1, -0.05) is 18.0 Å². The highest BCUT2D eigenvalue weighted by molar-refractivity contribution is 6.30. The maximum Gasteiger partial charge on any atom is 0.303 e. The number of hydrogen-bond donors (Lipinski definition) is 2. The molecule has 0 radical (unpaired) electrons. The van der Waals surface area contributed by atoms with Crippen LogP contribution in [0, 0.1) is 11.2 Å². The van der Waals surface area contributed by atoms with Crippen LogP contribution < -0.4 is 5.32 Å². The van der Waals surface area contributed by atoms with Gasteiger partial charge in [0.2, 0.25) is 0 Å². The van der Waals surface area contributed by atoms with E-state index in [4.69, 9.17) is 16.7 Å². The third-order valence-electron chi connectivity index (χ3n) is 3.74. The molecule has 6 heteroatoms. The van der Waals surface area contributed by atoms with Crippen molar-refractivity contribution >= 4 is 23.5 Å². The van der Waals surface area contributed by atoms with Gasteiger partial charge in [-0.05, 0) is 36.5 Å². The van der Waals surface area contributed by atoms with Crippen LogP contribution in [0.2, 0.25) is 5.02 Å². The van der Waals surface area contributed by atoms with E-state index < -0.39 is 17.7 Å². The molecule has 0 unspecified atom stereocenters. The molecular formula is C14H15ClFNO3. The van der Waals surface area contributed by atoms with Gasteiger partial charge in [-0.3, -0.25) is 9.59 Å². The van der Waals surface area contributed by atoms with Gasteiger partial charge in [0.25, 0.3) is 5.91 Å². The van der Waals surface area contributed by atoms with Crippen molar-refractivity contribution < 1.29 is 19.1 Å². The second-order valence-corrected chi connectivity index (χ2v) is 5.67. The van der Waals surface area contributed by atoms with Crippen LogP contribution in [-0.4, -0.2) is 23.5 Å². The maximum absolute atomic E-state index is 13.6. The van der Waals surface area contributed by atoms with E-state index in [0.717, 1.165) is 25.3 Å². The van der Waals surface area contributed by atoms with E-state index >= 15 is 0 Å². The van der Waals surface area contributed by atoms with Gasteiger partial charge >= 0.3 is 5.97 Å². The average Bonchev–Trinajstić information content (AvgIpc) is 2.31. The summed E-state index contributed by atoms with van der Waals surface area (Å²) in [6.45, 7) is 0.250. The van der Waals surface area contributed by atoms with Gasteiger partial charge in [-0.15, -0.1) is 0 Å². The Morgan fingerprint density at radius 2 is 2.10 bits per heavy atom. The number of carbonyl (C=O) groups excluding carboxylic acids is 1. The quantitative estimate of drug-likeness (QED) is 0.878. The first-order valence-electron chi connectivity index (χ1n) is 6.37. The molecule has 0 saturated heterocycles. The third-order valence-corrected chi connectivity index (χ3v) is 3.98. The number of benzene rings is 1. The van der Waals surface area contributed by atoms with Crippen molar-refractivity contribution in [2.75, 3.05) is 6.54 Å². The predicted molar refractivity (Wildman–Crippen MR) is 72.3 cm³/mol. The lowest BCUT2D eigenvalue weighted by atomic mass is 9.66. The van der Waals surface area contributed by atoms with Crippen molar-refractivity contribution in [3.63, 3.8) is 0 Å². The SMILES string of the molecule is O=C(O)CC1(CNC(=O)c2ccc(Cl)cc2F)CCC1. The fourth-order valence-corrected chi connectivity index (χ4v) is 2.61. The zero-order valence-corrected chi connectivity index (χ0v) is 11.5. The van der Waals surface area contributed by atoms with E-state index in [-0.39, 0.29) is 29.0 Å². The highest BCUT2D eigenvalue weighted by Gasteiger charge is 2.39. The molecule has 1 amide bonds. The number of hydrogen-bond acceptors (Lipinski definition) is 2. The molecule has 0 aromatic heterocycles. The van der Waals surface area contributed by atoms with Crippen LogP contribution in [0.1, 0.15) is 36.0 Å². The zero-order valence-electron chi connectivity index (χ0n) is 10.8. The molecule has 1 aliphatic carbocycles. The Morgan fingerprint density at radius 1 is 1.40 bits per heavy atom. The first-order valence-corrected chi connectivity index (χ1v) is 6.75. The van der Waals surface area contributed by atoms with Gasteiger partial charge in [0.15, 0.2) is 0 Å². The van der Waals surface area contributed by atoms with E-state index in [1.807, 2.05) is 0 Å². The minimum absolute atomic E-state index is 0.0242. The number of amides is 1. The number of nitrogens with one attached hydrogen (secondary N) is 1. The minimum atomic E-state index is -0.878. The summed E-state index contributed by atoms with van der Waals surface area (Å²) in [4.78, 5) is 22.7. The Labute approximate surface area is 120 Å². The van der Waals surface area contributed by atoms with Crippen molar-refractivity contribution in [3.05, 3.63) is 34.6 Å². The molecule has 1 aromatic rings. The van der Waals surface area contributed by atoms with Crippen LogP contribution in [0.15, 0.2) is 18.2 Å². The molecule has 108 valence electrons.